The van der Waals surface area contributed by atoms with Crippen LogP contribution in [0, 0.1) is 0 Å². The Morgan fingerprint density at radius 1 is 1.47 bits per heavy atom. The Morgan fingerprint density at radius 2 is 2.21 bits per heavy atom. The number of carbonyl (C=O) groups excluding carboxylic acids is 1. The Kier molecular flexibility index (Phi) is 4.54. The SMILES string of the molecule is O=C(O)C1CN(C(=O)c2ncc(Br)cc2Br)CCO1. The average Bonchev–Trinajstić information content (AvgIpc) is 2.38. The molecule has 1 amide bonds. The Labute approximate surface area is 126 Å². The number of carboxylic acid groups (broad SMARTS) is 1. The number of morpholine rings is 1. The molecule has 1 unspecified atom stereocenters. The molecule has 1 aromatic rings. The first-order chi connectivity index (χ1) is 8.99. The summed E-state index contributed by atoms with van der Waals surface area (Å²) in [5.41, 5.74) is 0.259. The largest absolute Gasteiger partial charge is 0.479 e. The fourth-order valence-electron chi connectivity index (χ4n) is 1.70. The van der Waals surface area contributed by atoms with Crippen LogP contribution < -0.4 is 0 Å². The highest BCUT2D eigenvalue weighted by Gasteiger charge is 2.30. The van der Waals surface area contributed by atoms with Gasteiger partial charge in [0.15, 0.2) is 6.10 Å². The van der Waals surface area contributed by atoms with E-state index in [1.165, 1.54) is 11.1 Å². The zero-order valence-electron chi connectivity index (χ0n) is 9.68. The Hall–Kier alpha value is -0.990. The molecule has 0 aromatic carbocycles. The molecule has 102 valence electrons. The minimum Gasteiger partial charge on any atom is -0.479 e. The van der Waals surface area contributed by atoms with Gasteiger partial charge in [0.1, 0.15) is 5.69 Å². The summed E-state index contributed by atoms with van der Waals surface area (Å²) in [5, 5.41) is 8.91. The number of halogens is 2. The highest BCUT2D eigenvalue weighted by Crippen LogP contribution is 2.21. The summed E-state index contributed by atoms with van der Waals surface area (Å²) >= 11 is 6.53. The molecule has 0 aliphatic carbocycles. The van der Waals surface area contributed by atoms with Crippen molar-refractivity contribution in [1.82, 2.24) is 9.88 Å². The molecule has 0 bridgehead atoms. The maximum Gasteiger partial charge on any atom is 0.334 e. The van der Waals surface area contributed by atoms with Crippen LogP contribution in [0.2, 0.25) is 0 Å². The molecule has 6 nitrogen and oxygen atoms in total. The van der Waals surface area contributed by atoms with E-state index in [1.807, 2.05) is 0 Å². The normalized spacial score (nSPS) is 19.3. The lowest BCUT2D eigenvalue weighted by atomic mass is 10.2. The average molecular weight is 394 g/mol. The third-order valence-electron chi connectivity index (χ3n) is 2.64. The number of pyridine rings is 1. The van der Waals surface area contributed by atoms with Crippen LogP contribution in [-0.2, 0) is 9.53 Å². The summed E-state index contributed by atoms with van der Waals surface area (Å²) in [6.07, 6.45) is 0.541. The van der Waals surface area contributed by atoms with E-state index in [0.717, 1.165) is 4.47 Å². The molecule has 1 aliphatic rings. The predicted molar refractivity (Wildman–Crippen MR) is 72.9 cm³/mol. The van der Waals surface area contributed by atoms with Gasteiger partial charge < -0.3 is 14.7 Å². The lowest BCUT2D eigenvalue weighted by Gasteiger charge is -2.30. The van der Waals surface area contributed by atoms with Crippen LogP contribution in [0.15, 0.2) is 21.2 Å². The molecule has 1 N–H and O–H groups in total. The summed E-state index contributed by atoms with van der Waals surface area (Å²) in [6, 6.07) is 1.72. The van der Waals surface area contributed by atoms with Crippen molar-refractivity contribution in [3.05, 3.63) is 26.9 Å². The molecule has 0 spiro atoms. The van der Waals surface area contributed by atoms with E-state index < -0.39 is 12.1 Å². The fourth-order valence-corrected chi connectivity index (χ4v) is 2.86. The van der Waals surface area contributed by atoms with Crippen molar-refractivity contribution in [1.29, 1.82) is 0 Å². The number of nitrogens with zero attached hydrogens (tertiary/aromatic N) is 2. The topological polar surface area (TPSA) is 79.7 Å². The molecule has 2 rings (SSSR count). The number of carboxylic acids is 1. The second-order valence-electron chi connectivity index (χ2n) is 3.93. The molecule has 0 radical (unpaired) electrons. The number of amides is 1. The van der Waals surface area contributed by atoms with Crippen molar-refractivity contribution >= 4 is 43.7 Å². The van der Waals surface area contributed by atoms with Crippen LogP contribution in [0.1, 0.15) is 10.5 Å². The summed E-state index contributed by atoms with van der Waals surface area (Å²) < 4.78 is 6.38. The van der Waals surface area contributed by atoms with Crippen molar-refractivity contribution in [2.24, 2.45) is 0 Å². The highest BCUT2D eigenvalue weighted by atomic mass is 79.9. The number of hydrogen-bond donors (Lipinski definition) is 1. The lowest BCUT2D eigenvalue weighted by Crippen LogP contribution is -2.48. The number of rotatable bonds is 2. The quantitative estimate of drug-likeness (QED) is 0.824. The summed E-state index contributed by atoms with van der Waals surface area (Å²) in [4.78, 5) is 28.6. The highest BCUT2D eigenvalue weighted by molar-refractivity contribution is 9.11. The monoisotopic (exact) mass is 392 g/mol. The van der Waals surface area contributed by atoms with Crippen molar-refractivity contribution in [3.63, 3.8) is 0 Å². The minimum atomic E-state index is -1.07. The van der Waals surface area contributed by atoms with Crippen LogP contribution in [-0.4, -0.2) is 52.7 Å². The first kappa shape index (κ1) is 14.4. The molecular formula is C11H10Br2N2O4. The second kappa shape index (κ2) is 5.98. The third-order valence-corrected chi connectivity index (χ3v) is 3.68. The van der Waals surface area contributed by atoms with Crippen molar-refractivity contribution in [2.45, 2.75) is 6.10 Å². The molecule has 0 saturated carbocycles. The van der Waals surface area contributed by atoms with Gasteiger partial charge >= 0.3 is 5.97 Å². The molecule has 1 atom stereocenters. The molecule has 1 fully saturated rings. The smallest absolute Gasteiger partial charge is 0.334 e. The number of ether oxygens (including phenoxy) is 1. The van der Waals surface area contributed by atoms with Crippen LogP contribution in [0.3, 0.4) is 0 Å². The van der Waals surface area contributed by atoms with Crippen molar-refractivity contribution in [3.8, 4) is 0 Å². The third kappa shape index (κ3) is 3.31. The molecule has 8 heteroatoms. The molecule has 19 heavy (non-hydrogen) atoms. The maximum atomic E-state index is 12.3. The van der Waals surface area contributed by atoms with Crippen LogP contribution in [0.25, 0.3) is 0 Å². The molecule has 1 aromatic heterocycles. The van der Waals surface area contributed by atoms with Gasteiger partial charge in [0.05, 0.1) is 17.6 Å². The van der Waals surface area contributed by atoms with Crippen molar-refractivity contribution in [2.75, 3.05) is 19.7 Å². The maximum absolute atomic E-state index is 12.3. The van der Waals surface area contributed by atoms with E-state index in [-0.39, 0.29) is 24.8 Å². The van der Waals surface area contributed by atoms with E-state index in [9.17, 15) is 9.59 Å². The van der Waals surface area contributed by atoms with Gasteiger partial charge in [-0.2, -0.15) is 0 Å². The first-order valence-corrected chi connectivity index (χ1v) is 7.02. The number of aromatic nitrogens is 1. The molecule has 1 aliphatic heterocycles. The van der Waals surface area contributed by atoms with Crippen molar-refractivity contribution < 1.29 is 19.4 Å². The Bertz CT molecular complexity index is 523. The Balaban J connectivity index is 2.17. The van der Waals surface area contributed by atoms with E-state index in [0.29, 0.717) is 11.0 Å². The molecular weight excluding hydrogens is 384 g/mol. The minimum absolute atomic E-state index is 0.0261. The first-order valence-electron chi connectivity index (χ1n) is 5.44. The second-order valence-corrected chi connectivity index (χ2v) is 5.70. The van der Waals surface area contributed by atoms with Crippen LogP contribution in [0.4, 0.5) is 0 Å². The van der Waals surface area contributed by atoms with Gasteiger partial charge in [-0.05, 0) is 37.9 Å². The van der Waals surface area contributed by atoms with Gasteiger partial charge in [-0.15, -0.1) is 0 Å². The van der Waals surface area contributed by atoms with Gasteiger partial charge in [-0.3, -0.25) is 4.79 Å². The number of aliphatic carboxylic acids is 1. The fraction of sp³-hybridized carbons (Fsp3) is 0.364. The van der Waals surface area contributed by atoms with Crippen LogP contribution in [0.5, 0.6) is 0 Å². The summed E-state index contributed by atoms with van der Waals surface area (Å²) in [5.74, 6) is -1.38. The number of carbonyl (C=O) groups is 2. The number of hydrogen-bond acceptors (Lipinski definition) is 4. The van der Waals surface area contributed by atoms with E-state index in [2.05, 4.69) is 36.8 Å². The van der Waals surface area contributed by atoms with Gasteiger partial charge in [-0.1, -0.05) is 0 Å². The zero-order chi connectivity index (χ0) is 14.0. The van der Waals surface area contributed by atoms with E-state index >= 15 is 0 Å². The predicted octanol–water partition coefficient (Wildman–Crippen LogP) is 1.53. The standard InChI is InChI=1S/C11H10Br2N2O4/c12-6-3-7(13)9(14-4-6)10(16)15-1-2-19-8(5-15)11(17)18/h3-4,8H,1-2,5H2,(H,17,18). The molecule has 1 saturated heterocycles. The summed E-state index contributed by atoms with van der Waals surface area (Å²) in [6.45, 7) is 0.585. The van der Waals surface area contributed by atoms with E-state index in [1.54, 1.807) is 6.07 Å². The summed E-state index contributed by atoms with van der Waals surface area (Å²) in [7, 11) is 0. The molecule has 2 heterocycles. The van der Waals surface area contributed by atoms with E-state index in [4.69, 9.17) is 9.84 Å². The zero-order valence-corrected chi connectivity index (χ0v) is 12.8. The lowest BCUT2D eigenvalue weighted by molar-refractivity contribution is -0.154. The van der Waals surface area contributed by atoms with Gasteiger partial charge in [0, 0.05) is 17.2 Å². The van der Waals surface area contributed by atoms with Gasteiger partial charge in [-0.25, -0.2) is 9.78 Å². The van der Waals surface area contributed by atoms with Crippen LogP contribution >= 0.6 is 31.9 Å². The van der Waals surface area contributed by atoms with Gasteiger partial charge in [0.25, 0.3) is 5.91 Å². The van der Waals surface area contributed by atoms with Gasteiger partial charge in [0.2, 0.25) is 0 Å². The Morgan fingerprint density at radius 3 is 2.84 bits per heavy atom.